The summed E-state index contributed by atoms with van der Waals surface area (Å²) in [6, 6.07) is 14.0. The Balaban J connectivity index is 1.89. The van der Waals surface area contributed by atoms with Crippen LogP contribution in [-0.4, -0.2) is 23.7 Å². The number of benzene rings is 2. The minimum atomic E-state index is -0.578. The second kappa shape index (κ2) is 8.10. The van der Waals surface area contributed by atoms with Gasteiger partial charge in [-0.05, 0) is 37.3 Å². The average Bonchev–Trinajstić information content (AvgIpc) is 2.67. The monoisotopic (exact) mass is 394 g/mol. The summed E-state index contributed by atoms with van der Waals surface area (Å²) in [5.74, 6) is 0.653. The summed E-state index contributed by atoms with van der Waals surface area (Å²) in [6.07, 6.45) is 1.63. The lowest BCUT2D eigenvalue weighted by Gasteiger charge is -2.12. The maximum absolute atomic E-state index is 11.3. The molecule has 0 spiro atoms. The maximum Gasteiger partial charge on any atom is 0.250 e. The molecule has 6 nitrogen and oxygen atoms in total. The first-order chi connectivity index (χ1) is 13.4. The molecule has 3 rings (SSSR count). The molecule has 1 heterocycles. The summed E-state index contributed by atoms with van der Waals surface area (Å²) in [6.45, 7) is 1.74. The number of carbonyl (C=O) groups is 1. The number of nitrogens with one attached hydrogen (secondary N) is 2. The molecule has 0 aliphatic carbocycles. The highest BCUT2D eigenvalue weighted by molar-refractivity contribution is 6.34. The molecule has 28 heavy (non-hydrogen) atoms. The van der Waals surface area contributed by atoms with Gasteiger partial charge in [-0.3, -0.25) is 9.78 Å². The smallest absolute Gasteiger partial charge is 0.250 e. The molecule has 0 radical (unpaired) electrons. The van der Waals surface area contributed by atoms with Crippen molar-refractivity contribution in [3.05, 3.63) is 70.9 Å². The Hall–Kier alpha value is -3.38. The zero-order valence-corrected chi connectivity index (χ0v) is 16.2. The number of primary amides is 1. The second-order valence-corrected chi connectivity index (χ2v) is 6.53. The Morgan fingerprint density at radius 2 is 1.82 bits per heavy atom. The quantitative estimate of drug-likeness (QED) is 0.526. The highest BCUT2D eigenvalue weighted by Crippen LogP contribution is 2.30. The van der Waals surface area contributed by atoms with Gasteiger partial charge in [0.05, 0.1) is 16.3 Å². The molecule has 0 saturated heterocycles. The Morgan fingerprint density at radius 1 is 1.11 bits per heavy atom. The number of hydrogen-bond donors (Lipinski definition) is 3. The van der Waals surface area contributed by atoms with Crippen LogP contribution in [0.4, 0.5) is 5.69 Å². The lowest BCUT2D eigenvalue weighted by molar-refractivity contribution is 0.100. The van der Waals surface area contributed by atoms with Crippen LogP contribution < -0.4 is 15.8 Å². The molecule has 0 aliphatic rings. The van der Waals surface area contributed by atoms with E-state index in [-0.39, 0.29) is 10.6 Å². The highest BCUT2D eigenvalue weighted by Gasteiger charge is 2.10. The number of nitrogens with zero attached hydrogens (tertiary/aromatic N) is 1. The van der Waals surface area contributed by atoms with Crippen LogP contribution in [0.25, 0.3) is 11.3 Å². The summed E-state index contributed by atoms with van der Waals surface area (Å²) >= 11 is 6.13. The third-order valence-corrected chi connectivity index (χ3v) is 4.47. The number of pyridine rings is 1. The summed E-state index contributed by atoms with van der Waals surface area (Å²) in [5, 5.41) is 11.2. The molecule has 2 aromatic carbocycles. The number of hydrogen-bond acceptors (Lipinski definition) is 5. The Kier molecular flexibility index (Phi) is 5.61. The third-order valence-electron chi connectivity index (χ3n) is 4.16. The van der Waals surface area contributed by atoms with Gasteiger partial charge in [0.15, 0.2) is 0 Å². The van der Waals surface area contributed by atoms with E-state index in [9.17, 15) is 4.79 Å². The van der Waals surface area contributed by atoms with Crippen molar-refractivity contribution in [2.24, 2.45) is 5.73 Å². The van der Waals surface area contributed by atoms with Gasteiger partial charge in [0.2, 0.25) is 5.91 Å². The standard InChI is InChI=1S/C21H19ClN4O2/c1-12(23)16-6-4-14(11-20(16)25-2)28-15-7-8-26-19(10-15)13-3-5-17(21(24)27)18(22)9-13/h3-11,23,25H,1-2H3,(H2,24,27). The number of halogens is 1. The average molecular weight is 395 g/mol. The predicted molar refractivity (Wildman–Crippen MR) is 112 cm³/mol. The van der Waals surface area contributed by atoms with Crippen LogP contribution in [0.15, 0.2) is 54.7 Å². The van der Waals surface area contributed by atoms with Gasteiger partial charge in [-0.15, -0.1) is 0 Å². The Morgan fingerprint density at radius 3 is 2.46 bits per heavy atom. The minimum absolute atomic E-state index is 0.263. The van der Waals surface area contributed by atoms with E-state index in [1.165, 1.54) is 0 Å². The first kappa shape index (κ1) is 19.4. The van der Waals surface area contributed by atoms with E-state index in [4.69, 9.17) is 27.5 Å². The van der Waals surface area contributed by atoms with Gasteiger partial charge in [0.1, 0.15) is 11.5 Å². The molecular formula is C21H19ClN4O2. The van der Waals surface area contributed by atoms with Crippen molar-refractivity contribution >= 4 is 28.9 Å². The minimum Gasteiger partial charge on any atom is -0.457 e. The summed E-state index contributed by atoms with van der Waals surface area (Å²) in [5.41, 5.74) is 9.04. The van der Waals surface area contributed by atoms with E-state index in [2.05, 4.69) is 10.3 Å². The van der Waals surface area contributed by atoms with E-state index in [1.807, 2.05) is 18.2 Å². The zero-order chi connectivity index (χ0) is 20.3. The van der Waals surface area contributed by atoms with E-state index in [0.717, 1.165) is 16.8 Å². The van der Waals surface area contributed by atoms with Gasteiger partial charge < -0.3 is 21.2 Å². The zero-order valence-electron chi connectivity index (χ0n) is 15.4. The van der Waals surface area contributed by atoms with Gasteiger partial charge in [-0.25, -0.2) is 0 Å². The van der Waals surface area contributed by atoms with Crippen LogP contribution in [0.2, 0.25) is 5.02 Å². The molecular weight excluding hydrogens is 376 g/mol. The number of carbonyl (C=O) groups excluding carboxylic acids is 1. The molecule has 0 atom stereocenters. The predicted octanol–water partition coefficient (Wildman–Crippen LogP) is 4.72. The number of anilines is 1. The van der Waals surface area contributed by atoms with Crippen molar-refractivity contribution in [3.8, 4) is 22.8 Å². The topological polar surface area (TPSA) is 101 Å². The normalized spacial score (nSPS) is 10.4. The number of amides is 1. The fraction of sp³-hybridized carbons (Fsp3) is 0.0952. The van der Waals surface area contributed by atoms with Crippen LogP contribution in [-0.2, 0) is 0 Å². The fourth-order valence-electron chi connectivity index (χ4n) is 2.76. The molecule has 142 valence electrons. The fourth-order valence-corrected chi connectivity index (χ4v) is 3.04. The lowest BCUT2D eigenvalue weighted by Crippen LogP contribution is -2.11. The maximum atomic E-state index is 11.3. The molecule has 0 bridgehead atoms. The van der Waals surface area contributed by atoms with E-state index < -0.39 is 5.91 Å². The summed E-state index contributed by atoms with van der Waals surface area (Å²) in [7, 11) is 1.80. The van der Waals surface area contributed by atoms with Crippen LogP contribution in [0.1, 0.15) is 22.8 Å². The first-order valence-electron chi connectivity index (χ1n) is 8.50. The first-order valence-corrected chi connectivity index (χ1v) is 8.88. The van der Waals surface area contributed by atoms with Gasteiger partial charge >= 0.3 is 0 Å². The molecule has 0 saturated carbocycles. The van der Waals surface area contributed by atoms with Crippen LogP contribution in [0.5, 0.6) is 11.5 Å². The molecule has 4 N–H and O–H groups in total. The molecule has 0 aliphatic heterocycles. The van der Waals surface area contributed by atoms with E-state index in [0.29, 0.717) is 22.9 Å². The van der Waals surface area contributed by atoms with Gasteiger partial charge in [-0.2, -0.15) is 0 Å². The summed E-state index contributed by atoms with van der Waals surface area (Å²) < 4.78 is 5.95. The second-order valence-electron chi connectivity index (χ2n) is 6.12. The molecule has 0 unspecified atom stereocenters. The van der Waals surface area contributed by atoms with Crippen molar-refractivity contribution in [2.75, 3.05) is 12.4 Å². The molecule has 1 aromatic heterocycles. The molecule has 0 fully saturated rings. The van der Waals surface area contributed by atoms with Gasteiger partial charge in [0.25, 0.3) is 0 Å². The lowest BCUT2D eigenvalue weighted by atomic mass is 10.1. The van der Waals surface area contributed by atoms with Gasteiger partial charge in [0, 0.05) is 47.9 Å². The van der Waals surface area contributed by atoms with Crippen LogP contribution >= 0.6 is 11.6 Å². The SMILES string of the molecule is CNc1cc(Oc2ccnc(-c3ccc(C(N)=O)c(Cl)c3)c2)ccc1C(C)=N. The van der Waals surface area contributed by atoms with Crippen molar-refractivity contribution in [1.82, 2.24) is 4.98 Å². The van der Waals surface area contributed by atoms with Crippen molar-refractivity contribution < 1.29 is 9.53 Å². The number of rotatable bonds is 6. The largest absolute Gasteiger partial charge is 0.457 e. The number of aromatic nitrogens is 1. The third kappa shape index (κ3) is 4.13. The molecule has 7 heteroatoms. The van der Waals surface area contributed by atoms with Gasteiger partial charge in [-0.1, -0.05) is 17.7 Å². The molecule has 3 aromatic rings. The number of ether oxygens (including phenoxy) is 1. The van der Waals surface area contributed by atoms with Crippen LogP contribution in [0.3, 0.4) is 0 Å². The Labute approximate surface area is 167 Å². The van der Waals surface area contributed by atoms with Crippen molar-refractivity contribution in [3.63, 3.8) is 0 Å². The highest BCUT2D eigenvalue weighted by atomic mass is 35.5. The molecule has 1 amide bonds. The van der Waals surface area contributed by atoms with Crippen LogP contribution in [0, 0.1) is 5.41 Å². The Bertz CT molecular complexity index is 1070. The van der Waals surface area contributed by atoms with Crippen molar-refractivity contribution in [2.45, 2.75) is 6.92 Å². The van der Waals surface area contributed by atoms with Crippen molar-refractivity contribution in [1.29, 1.82) is 5.41 Å². The van der Waals surface area contributed by atoms with E-state index in [1.54, 1.807) is 50.5 Å². The van der Waals surface area contributed by atoms with E-state index >= 15 is 0 Å². The summed E-state index contributed by atoms with van der Waals surface area (Å²) in [4.78, 5) is 15.7. The number of nitrogens with two attached hydrogens (primary N) is 1.